The molecule has 0 saturated heterocycles. The van der Waals surface area contributed by atoms with Gasteiger partial charge in [0.2, 0.25) is 0 Å². The standard InChI is InChI=1S/C8H19O2P.Fe/c1-2-3-4-5-6-7-8-11(9)10;/h11H,2-8H2,1H3,(H,9,10);. The molecule has 0 aromatic heterocycles. The summed E-state index contributed by atoms with van der Waals surface area (Å²) < 4.78 is 10.3. The number of hydrogen-bond acceptors (Lipinski definition) is 1. The predicted molar refractivity (Wildman–Crippen MR) is 49.5 cm³/mol. The summed E-state index contributed by atoms with van der Waals surface area (Å²) in [7, 11) is -2.18. The monoisotopic (exact) mass is 234 g/mol. The first-order valence-electron chi connectivity index (χ1n) is 4.49. The molecule has 12 heavy (non-hydrogen) atoms. The zero-order valence-corrected chi connectivity index (χ0v) is 9.76. The van der Waals surface area contributed by atoms with E-state index in [4.69, 9.17) is 4.89 Å². The van der Waals surface area contributed by atoms with Crippen LogP contribution in [0.25, 0.3) is 0 Å². The smallest absolute Gasteiger partial charge is 0.189 e. The van der Waals surface area contributed by atoms with E-state index >= 15 is 0 Å². The molecule has 0 amide bonds. The molecule has 0 bridgehead atoms. The molecule has 0 rings (SSSR count). The van der Waals surface area contributed by atoms with E-state index in [9.17, 15) is 4.57 Å². The van der Waals surface area contributed by atoms with Gasteiger partial charge >= 0.3 is 0 Å². The maximum atomic E-state index is 10.3. The Hall–Kier alpha value is 0.709. The molecule has 1 atom stereocenters. The van der Waals surface area contributed by atoms with Gasteiger partial charge in [-0.1, -0.05) is 39.0 Å². The predicted octanol–water partition coefficient (Wildman–Crippen LogP) is 2.81. The Labute approximate surface area is 86.5 Å². The van der Waals surface area contributed by atoms with Crippen molar-refractivity contribution in [2.75, 3.05) is 6.16 Å². The van der Waals surface area contributed by atoms with Crippen LogP contribution in [-0.2, 0) is 21.6 Å². The molecular formula is C8H19FeO2P. The Morgan fingerprint density at radius 1 is 1.08 bits per heavy atom. The van der Waals surface area contributed by atoms with Crippen LogP contribution in [0, 0.1) is 0 Å². The van der Waals surface area contributed by atoms with Gasteiger partial charge in [0.15, 0.2) is 8.03 Å². The second kappa shape index (κ2) is 11.7. The second-order valence-corrected chi connectivity index (χ2v) is 4.20. The second-order valence-electron chi connectivity index (χ2n) is 2.91. The van der Waals surface area contributed by atoms with Crippen molar-refractivity contribution < 1.29 is 26.5 Å². The third-order valence-corrected chi connectivity index (χ3v) is 2.53. The van der Waals surface area contributed by atoms with Crippen LogP contribution >= 0.6 is 8.03 Å². The van der Waals surface area contributed by atoms with Crippen LogP contribution in [0.15, 0.2) is 0 Å². The molecule has 0 aliphatic heterocycles. The molecule has 1 unspecified atom stereocenters. The van der Waals surface area contributed by atoms with Gasteiger partial charge in [-0.15, -0.1) is 0 Å². The molecule has 0 heterocycles. The van der Waals surface area contributed by atoms with E-state index < -0.39 is 8.03 Å². The molecule has 0 spiro atoms. The fourth-order valence-corrected chi connectivity index (χ4v) is 1.61. The molecule has 0 aliphatic rings. The average Bonchev–Trinajstić information content (AvgIpc) is 1.96. The van der Waals surface area contributed by atoms with Gasteiger partial charge in [0, 0.05) is 23.2 Å². The third kappa shape index (κ3) is 13.3. The maximum Gasteiger partial charge on any atom is 0.189 e. The van der Waals surface area contributed by atoms with Crippen molar-refractivity contribution in [3.63, 3.8) is 0 Å². The third-order valence-electron chi connectivity index (χ3n) is 1.74. The van der Waals surface area contributed by atoms with Crippen LogP contribution in [0.1, 0.15) is 45.4 Å². The molecule has 0 aliphatic carbocycles. The fraction of sp³-hybridized carbons (Fsp3) is 1.00. The molecular weight excluding hydrogens is 215 g/mol. The van der Waals surface area contributed by atoms with E-state index in [0.29, 0.717) is 6.16 Å². The largest absolute Gasteiger partial charge is 0.346 e. The minimum Gasteiger partial charge on any atom is -0.346 e. The van der Waals surface area contributed by atoms with Gasteiger partial charge in [-0.3, -0.25) is 4.57 Å². The van der Waals surface area contributed by atoms with Crippen molar-refractivity contribution >= 4 is 8.03 Å². The Morgan fingerprint density at radius 3 is 2.08 bits per heavy atom. The van der Waals surface area contributed by atoms with Crippen LogP contribution in [0.5, 0.6) is 0 Å². The molecule has 0 aromatic carbocycles. The summed E-state index contributed by atoms with van der Waals surface area (Å²) in [6, 6.07) is 0. The number of rotatable bonds is 7. The Bertz CT molecular complexity index is 109. The summed E-state index contributed by atoms with van der Waals surface area (Å²) in [6.07, 6.45) is 7.64. The number of unbranched alkanes of at least 4 members (excludes halogenated alkanes) is 5. The zero-order chi connectivity index (χ0) is 8.53. The average molecular weight is 234 g/mol. The summed E-state index contributed by atoms with van der Waals surface area (Å²) in [6.45, 7) is 2.19. The Balaban J connectivity index is 0. The summed E-state index contributed by atoms with van der Waals surface area (Å²) >= 11 is 0. The van der Waals surface area contributed by atoms with Crippen LogP contribution in [0.3, 0.4) is 0 Å². The summed E-state index contributed by atoms with van der Waals surface area (Å²) in [5, 5.41) is 0. The van der Waals surface area contributed by atoms with Crippen LogP contribution in [0.2, 0.25) is 0 Å². The molecule has 4 heteroatoms. The normalized spacial score (nSPS) is 12.2. The SMILES string of the molecule is CCCCCCCC[PH](=O)O.[Fe]. The van der Waals surface area contributed by atoms with E-state index in [-0.39, 0.29) is 17.1 Å². The first-order chi connectivity index (χ1) is 5.27. The van der Waals surface area contributed by atoms with Gasteiger partial charge < -0.3 is 4.89 Å². The summed E-state index contributed by atoms with van der Waals surface area (Å²) in [5.41, 5.74) is 0. The van der Waals surface area contributed by atoms with E-state index in [0.717, 1.165) is 12.8 Å². The minimum atomic E-state index is -2.18. The van der Waals surface area contributed by atoms with Gasteiger partial charge in [0.1, 0.15) is 0 Å². The van der Waals surface area contributed by atoms with E-state index in [2.05, 4.69) is 6.92 Å². The Kier molecular flexibility index (Phi) is 14.8. The first-order valence-corrected chi connectivity index (χ1v) is 6.05. The van der Waals surface area contributed by atoms with Gasteiger partial charge in [-0.2, -0.15) is 0 Å². The van der Waals surface area contributed by atoms with Crippen molar-refractivity contribution in [3.05, 3.63) is 0 Å². The van der Waals surface area contributed by atoms with Gasteiger partial charge in [0.05, 0.1) is 0 Å². The molecule has 0 fully saturated rings. The maximum absolute atomic E-state index is 10.3. The first kappa shape index (κ1) is 15.2. The molecule has 0 saturated carbocycles. The van der Waals surface area contributed by atoms with Gasteiger partial charge in [0.25, 0.3) is 0 Å². The molecule has 0 aromatic rings. The van der Waals surface area contributed by atoms with Crippen molar-refractivity contribution in [1.82, 2.24) is 0 Å². The van der Waals surface area contributed by atoms with Crippen molar-refractivity contribution in [1.29, 1.82) is 0 Å². The topological polar surface area (TPSA) is 37.3 Å². The van der Waals surface area contributed by atoms with Crippen LogP contribution in [0.4, 0.5) is 0 Å². The van der Waals surface area contributed by atoms with E-state index in [1.807, 2.05) is 0 Å². The van der Waals surface area contributed by atoms with Gasteiger partial charge in [-0.05, 0) is 6.42 Å². The van der Waals surface area contributed by atoms with Crippen molar-refractivity contribution in [3.8, 4) is 0 Å². The van der Waals surface area contributed by atoms with Crippen molar-refractivity contribution in [2.45, 2.75) is 45.4 Å². The summed E-state index contributed by atoms with van der Waals surface area (Å²) in [5.74, 6) is 0. The zero-order valence-electron chi connectivity index (χ0n) is 7.66. The van der Waals surface area contributed by atoms with E-state index in [1.54, 1.807) is 0 Å². The molecule has 0 radical (unpaired) electrons. The van der Waals surface area contributed by atoms with Crippen LogP contribution in [-0.4, -0.2) is 11.1 Å². The molecule has 1 N–H and O–H groups in total. The van der Waals surface area contributed by atoms with Gasteiger partial charge in [-0.25, -0.2) is 0 Å². The summed E-state index contributed by atoms with van der Waals surface area (Å²) in [4.78, 5) is 8.50. The number of hydrogen-bond donors (Lipinski definition) is 1. The molecule has 76 valence electrons. The van der Waals surface area contributed by atoms with Crippen molar-refractivity contribution in [2.24, 2.45) is 0 Å². The fourth-order valence-electron chi connectivity index (χ4n) is 1.06. The quantitative estimate of drug-likeness (QED) is 0.417. The van der Waals surface area contributed by atoms with Crippen LogP contribution < -0.4 is 0 Å². The van der Waals surface area contributed by atoms with E-state index in [1.165, 1.54) is 25.7 Å². The minimum absolute atomic E-state index is 0. The molecule has 2 nitrogen and oxygen atoms in total. The Morgan fingerprint density at radius 2 is 1.58 bits per heavy atom.